The van der Waals surface area contributed by atoms with Crippen LogP contribution in [0.2, 0.25) is 0 Å². The Balaban J connectivity index is 1.59. The summed E-state index contributed by atoms with van der Waals surface area (Å²) in [6, 6.07) is 20.6. The number of hydrogen-bond donors (Lipinski definition) is 1. The van der Waals surface area contributed by atoms with Gasteiger partial charge in [-0.2, -0.15) is 0 Å². The Morgan fingerprint density at radius 1 is 1.00 bits per heavy atom. The summed E-state index contributed by atoms with van der Waals surface area (Å²) in [6.07, 6.45) is 1.98. The van der Waals surface area contributed by atoms with Crippen LogP contribution >= 0.6 is 11.9 Å². The third-order valence-electron chi connectivity index (χ3n) is 3.10. The minimum Gasteiger partial charge on any atom is -0.339 e. The highest BCUT2D eigenvalue weighted by Gasteiger charge is 2.01. The zero-order chi connectivity index (χ0) is 14.5. The molecule has 0 saturated heterocycles. The summed E-state index contributed by atoms with van der Waals surface area (Å²) >= 11 is 1.68. The van der Waals surface area contributed by atoms with Gasteiger partial charge in [-0.15, -0.1) is 5.10 Å². The fraction of sp³-hybridized carbons (Fsp3) is 0.118. The minimum atomic E-state index is 0.859. The van der Waals surface area contributed by atoms with E-state index in [-0.39, 0.29) is 0 Å². The van der Waals surface area contributed by atoms with E-state index in [0.717, 1.165) is 17.3 Å². The van der Waals surface area contributed by atoms with Crippen molar-refractivity contribution in [2.45, 2.75) is 12.7 Å². The van der Waals surface area contributed by atoms with Gasteiger partial charge in [0.25, 0.3) is 0 Å². The van der Waals surface area contributed by atoms with Crippen LogP contribution in [0.5, 0.6) is 0 Å². The molecule has 4 heteroatoms. The first-order valence-electron chi connectivity index (χ1n) is 6.86. The van der Waals surface area contributed by atoms with Crippen LogP contribution in [-0.4, -0.2) is 9.19 Å². The van der Waals surface area contributed by atoms with Crippen molar-refractivity contribution in [2.24, 2.45) is 0 Å². The van der Waals surface area contributed by atoms with Gasteiger partial charge in [-0.05, 0) is 36.6 Å². The Morgan fingerprint density at radius 2 is 1.76 bits per heavy atom. The lowest BCUT2D eigenvalue weighted by molar-refractivity contribution is 1.01. The average molecular weight is 295 g/mol. The molecule has 21 heavy (non-hydrogen) atoms. The van der Waals surface area contributed by atoms with Crippen molar-refractivity contribution in [3.05, 3.63) is 78.0 Å². The molecule has 3 nitrogen and oxygen atoms in total. The standard InChI is InChI=1S/C17H17N3S/c1-14-7-9-15(10-8-14)13-21-20-12-11-17(19-20)18-16-5-3-2-4-6-16/h2-12H,13H2,1H3,(H,18,19). The molecule has 0 aliphatic rings. The highest BCUT2D eigenvalue weighted by molar-refractivity contribution is 7.96. The number of hydrogen-bond acceptors (Lipinski definition) is 3. The Hall–Kier alpha value is -2.20. The van der Waals surface area contributed by atoms with E-state index in [9.17, 15) is 0 Å². The molecule has 0 atom stereocenters. The largest absolute Gasteiger partial charge is 0.339 e. The van der Waals surface area contributed by atoms with Gasteiger partial charge in [-0.1, -0.05) is 48.0 Å². The second kappa shape index (κ2) is 6.50. The molecule has 0 saturated carbocycles. The number of para-hydroxylation sites is 1. The van der Waals surface area contributed by atoms with Crippen LogP contribution in [0.1, 0.15) is 11.1 Å². The lowest BCUT2D eigenvalue weighted by atomic mass is 10.2. The number of benzene rings is 2. The molecule has 1 aromatic heterocycles. The van der Waals surface area contributed by atoms with E-state index in [1.165, 1.54) is 11.1 Å². The maximum atomic E-state index is 4.51. The summed E-state index contributed by atoms with van der Waals surface area (Å²) in [5.41, 5.74) is 3.64. The molecule has 3 rings (SSSR count). The first kappa shape index (κ1) is 13.8. The van der Waals surface area contributed by atoms with Crippen LogP contribution in [0.3, 0.4) is 0 Å². The quantitative estimate of drug-likeness (QED) is 0.744. The van der Waals surface area contributed by atoms with Crippen molar-refractivity contribution in [3.63, 3.8) is 0 Å². The normalized spacial score (nSPS) is 10.5. The van der Waals surface area contributed by atoms with Gasteiger partial charge >= 0.3 is 0 Å². The van der Waals surface area contributed by atoms with Crippen molar-refractivity contribution < 1.29 is 0 Å². The second-order valence-corrected chi connectivity index (χ2v) is 5.77. The minimum absolute atomic E-state index is 0.859. The lowest BCUT2D eigenvalue weighted by Crippen LogP contribution is -1.93. The van der Waals surface area contributed by atoms with Gasteiger partial charge in [0.15, 0.2) is 5.82 Å². The van der Waals surface area contributed by atoms with Crippen LogP contribution in [0.4, 0.5) is 11.5 Å². The fourth-order valence-electron chi connectivity index (χ4n) is 1.94. The predicted octanol–water partition coefficient (Wildman–Crippen LogP) is 4.63. The highest BCUT2D eigenvalue weighted by Crippen LogP contribution is 2.18. The molecule has 0 unspecified atom stereocenters. The van der Waals surface area contributed by atoms with Crippen LogP contribution in [0.15, 0.2) is 66.9 Å². The smallest absolute Gasteiger partial charge is 0.153 e. The molecule has 1 N–H and O–H groups in total. The monoisotopic (exact) mass is 295 g/mol. The summed E-state index contributed by atoms with van der Waals surface area (Å²) < 4.78 is 1.89. The van der Waals surface area contributed by atoms with Gasteiger partial charge in [-0.3, -0.25) is 0 Å². The Bertz CT molecular complexity index is 690. The van der Waals surface area contributed by atoms with Gasteiger partial charge in [0, 0.05) is 23.7 Å². The van der Waals surface area contributed by atoms with E-state index in [0.29, 0.717) is 0 Å². The predicted molar refractivity (Wildman–Crippen MR) is 89.8 cm³/mol. The SMILES string of the molecule is Cc1ccc(CSn2ccc(Nc3ccccc3)n2)cc1. The number of nitrogens with one attached hydrogen (secondary N) is 1. The molecule has 0 bridgehead atoms. The summed E-state index contributed by atoms with van der Waals surface area (Å²) in [4.78, 5) is 0. The second-order valence-electron chi connectivity index (χ2n) is 4.85. The van der Waals surface area contributed by atoms with Crippen molar-refractivity contribution in [1.29, 1.82) is 0 Å². The molecular weight excluding hydrogens is 278 g/mol. The van der Waals surface area contributed by atoms with Gasteiger partial charge in [-0.25, -0.2) is 4.09 Å². The van der Waals surface area contributed by atoms with E-state index in [4.69, 9.17) is 0 Å². The van der Waals surface area contributed by atoms with Crippen LogP contribution in [0.25, 0.3) is 0 Å². The average Bonchev–Trinajstić information content (AvgIpc) is 2.95. The number of anilines is 2. The molecule has 0 aliphatic heterocycles. The first-order chi connectivity index (χ1) is 10.3. The Labute approximate surface area is 129 Å². The molecule has 0 spiro atoms. The zero-order valence-corrected chi connectivity index (χ0v) is 12.7. The van der Waals surface area contributed by atoms with Gasteiger partial charge in [0.1, 0.15) is 0 Å². The number of aromatic nitrogens is 2. The summed E-state index contributed by atoms with van der Waals surface area (Å²) in [7, 11) is 0. The van der Waals surface area contributed by atoms with Crippen LogP contribution in [0, 0.1) is 6.92 Å². The lowest BCUT2D eigenvalue weighted by Gasteiger charge is -2.03. The third kappa shape index (κ3) is 3.89. The van der Waals surface area contributed by atoms with Gasteiger partial charge in [0.2, 0.25) is 0 Å². The molecular formula is C17H17N3S. The van der Waals surface area contributed by atoms with Crippen molar-refractivity contribution in [2.75, 3.05) is 5.32 Å². The molecule has 1 heterocycles. The molecule has 2 aromatic carbocycles. The zero-order valence-electron chi connectivity index (χ0n) is 11.9. The number of nitrogens with zero attached hydrogens (tertiary/aromatic N) is 2. The molecule has 0 radical (unpaired) electrons. The first-order valence-corrected chi connectivity index (χ1v) is 7.80. The maximum Gasteiger partial charge on any atom is 0.153 e. The highest BCUT2D eigenvalue weighted by atomic mass is 32.2. The fourth-order valence-corrected chi connectivity index (χ4v) is 2.71. The van der Waals surface area contributed by atoms with Gasteiger partial charge < -0.3 is 5.32 Å². The number of aryl methyl sites for hydroxylation is 1. The van der Waals surface area contributed by atoms with Crippen LogP contribution < -0.4 is 5.32 Å². The van der Waals surface area contributed by atoms with E-state index >= 15 is 0 Å². The third-order valence-corrected chi connectivity index (χ3v) is 4.03. The van der Waals surface area contributed by atoms with Crippen molar-refractivity contribution in [1.82, 2.24) is 9.19 Å². The van der Waals surface area contributed by atoms with E-state index in [1.807, 2.05) is 46.7 Å². The molecule has 106 valence electrons. The molecule has 0 amide bonds. The van der Waals surface area contributed by atoms with Crippen LogP contribution in [-0.2, 0) is 5.75 Å². The van der Waals surface area contributed by atoms with E-state index < -0.39 is 0 Å². The topological polar surface area (TPSA) is 29.9 Å². The molecule has 0 aliphatic carbocycles. The van der Waals surface area contributed by atoms with Gasteiger partial charge in [0.05, 0.1) is 0 Å². The molecule has 0 fully saturated rings. The summed E-state index contributed by atoms with van der Waals surface area (Å²) in [5.74, 6) is 1.77. The maximum absolute atomic E-state index is 4.51. The molecule has 3 aromatic rings. The van der Waals surface area contributed by atoms with E-state index in [2.05, 4.69) is 41.6 Å². The number of rotatable bonds is 5. The van der Waals surface area contributed by atoms with Crippen molar-refractivity contribution in [3.8, 4) is 0 Å². The van der Waals surface area contributed by atoms with Crippen molar-refractivity contribution >= 4 is 23.5 Å². The Morgan fingerprint density at radius 3 is 2.52 bits per heavy atom. The Kier molecular flexibility index (Phi) is 4.26. The van der Waals surface area contributed by atoms with E-state index in [1.54, 1.807) is 11.9 Å². The summed E-state index contributed by atoms with van der Waals surface area (Å²) in [6.45, 7) is 2.10. The summed E-state index contributed by atoms with van der Waals surface area (Å²) in [5, 5.41) is 7.79.